The Bertz CT molecular complexity index is 477. The predicted octanol–water partition coefficient (Wildman–Crippen LogP) is 3.42. The highest BCUT2D eigenvalue weighted by molar-refractivity contribution is 5.77. The Morgan fingerprint density at radius 1 is 1.33 bits per heavy atom. The lowest BCUT2D eigenvalue weighted by atomic mass is 9.93. The zero-order valence-electron chi connectivity index (χ0n) is 9.17. The Morgan fingerprint density at radius 2 is 1.94 bits per heavy atom. The van der Waals surface area contributed by atoms with Crippen LogP contribution in [0.15, 0.2) is 18.2 Å². The normalized spacial score (nSPS) is 17.6. The van der Waals surface area contributed by atoms with E-state index in [-0.39, 0.29) is 11.5 Å². The van der Waals surface area contributed by atoms with Gasteiger partial charge in [0.05, 0.1) is 11.5 Å². The van der Waals surface area contributed by atoms with Crippen LogP contribution in [0.1, 0.15) is 29.9 Å². The van der Waals surface area contributed by atoms with Gasteiger partial charge in [-0.05, 0) is 36.5 Å². The first-order valence-corrected chi connectivity index (χ1v) is 5.40. The molecule has 1 aromatic carbocycles. The molecule has 0 spiro atoms. The Morgan fingerprint density at radius 3 is 2.39 bits per heavy atom. The van der Waals surface area contributed by atoms with Crippen LogP contribution in [0, 0.1) is 11.7 Å². The maximum atomic E-state index is 13.1. The molecule has 2 rings (SSSR count). The summed E-state index contributed by atoms with van der Waals surface area (Å²) in [5.41, 5.74) is -1.40. The molecule has 2 nitrogen and oxygen atoms in total. The second kappa shape index (κ2) is 4.26. The first-order chi connectivity index (χ1) is 8.30. The van der Waals surface area contributed by atoms with Crippen molar-refractivity contribution in [3.63, 3.8) is 0 Å². The van der Waals surface area contributed by atoms with E-state index in [1.54, 1.807) is 0 Å². The summed E-state index contributed by atoms with van der Waals surface area (Å²) >= 11 is 0. The van der Waals surface area contributed by atoms with Crippen molar-refractivity contribution in [1.82, 2.24) is 0 Å². The van der Waals surface area contributed by atoms with Crippen LogP contribution in [0.5, 0.6) is 0 Å². The second-order valence-corrected chi connectivity index (χ2v) is 4.39. The van der Waals surface area contributed by atoms with Crippen LogP contribution in [0.3, 0.4) is 0 Å². The summed E-state index contributed by atoms with van der Waals surface area (Å²) < 4.78 is 50.6. The van der Waals surface area contributed by atoms with Crippen molar-refractivity contribution >= 4 is 5.97 Å². The van der Waals surface area contributed by atoms with Crippen LogP contribution in [0.2, 0.25) is 0 Å². The van der Waals surface area contributed by atoms with E-state index >= 15 is 0 Å². The van der Waals surface area contributed by atoms with Gasteiger partial charge in [-0.25, -0.2) is 4.39 Å². The van der Waals surface area contributed by atoms with E-state index in [1.807, 2.05) is 0 Å². The molecule has 1 atom stereocenters. The number of carboxylic acid groups (broad SMARTS) is 1. The topological polar surface area (TPSA) is 37.3 Å². The SMILES string of the molecule is O=C(O)C(c1ccc(F)c(C(F)(F)F)c1)C1CC1. The molecule has 6 heteroatoms. The fourth-order valence-corrected chi connectivity index (χ4v) is 2.00. The van der Waals surface area contributed by atoms with Crippen LogP contribution in [-0.2, 0) is 11.0 Å². The summed E-state index contributed by atoms with van der Waals surface area (Å²) in [5.74, 6) is -3.68. The zero-order valence-corrected chi connectivity index (χ0v) is 9.17. The maximum Gasteiger partial charge on any atom is 0.419 e. The predicted molar refractivity (Wildman–Crippen MR) is 54.5 cm³/mol. The van der Waals surface area contributed by atoms with Gasteiger partial charge in [-0.3, -0.25) is 4.79 Å². The maximum absolute atomic E-state index is 13.1. The minimum atomic E-state index is -4.81. The molecule has 1 saturated carbocycles. The summed E-state index contributed by atoms with van der Waals surface area (Å²) in [7, 11) is 0. The third-order valence-electron chi connectivity index (χ3n) is 3.01. The number of hydrogen-bond acceptors (Lipinski definition) is 1. The first-order valence-electron chi connectivity index (χ1n) is 5.40. The van der Waals surface area contributed by atoms with Gasteiger partial charge >= 0.3 is 12.1 Å². The molecule has 0 heterocycles. The summed E-state index contributed by atoms with van der Waals surface area (Å²) in [6.45, 7) is 0. The van der Waals surface area contributed by atoms with Gasteiger partial charge in [0.25, 0.3) is 0 Å². The smallest absolute Gasteiger partial charge is 0.419 e. The molecule has 1 aromatic rings. The molecule has 18 heavy (non-hydrogen) atoms. The number of rotatable bonds is 3. The number of halogens is 4. The molecule has 98 valence electrons. The average molecular weight is 262 g/mol. The first kappa shape index (κ1) is 12.9. The Balaban J connectivity index is 2.42. The monoisotopic (exact) mass is 262 g/mol. The lowest BCUT2D eigenvalue weighted by Crippen LogP contribution is -2.16. The minimum Gasteiger partial charge on any atom is -0.481 e. The van der Waals surface area contributed by atoms with Gasteiger partial charge in [-0.2, -0.15) is 13.2 Å². The fourth-order valence-electron chi connectivity index (χ4n) is 2.00. The molecule has 1 aliphatic carbocycles. The molecule has 1 fully saturated rings. The number of carbonyl (C=O) groups is 1. The summed E-state index contributed by atoms with van der Waals surface area (Å²) in [5, 5.41) is 9.03. The van der Waals surface area contributed by atoms with Crippen molar-refractivity contribution in [3.8, 4) is 0 Å². The van der Waals surface area contributed by atoms with Gasteiger partial charge in [0.2, 0.25) is 0 Å². The highest BCUT2D eigenvalue weighted by Gasteiger charge is 2.40. The summed E-state index contributed by atoms with van der Waals surface area (Å²) in [4.78, 5) is 11.1. The summed E-state index contributed by atoms with van der Waals surface area (Å²) in [6, 6.07) is 2.39. The van der Waals surface area contributed by atoms with Crippen molar-refractivity contribution < 1.29 is 27.5 Å². The van der Waals surface area contributed by atoms with E-state index in [0.29, 0.717) is 25.0 Å². The second-order valence-electron chi connectivity index (χ2n) is 4.39. The summed E-state index contributed by atoms with van der Waals surface area (Å²) in [6.07, 6.45) is -3.46. The van der Waals surface area contributed by atoms with Crippen molar-refractivity contribution in [2.24, 2.45) is 5.92 Å². The molecule has 0 aliphatic heterocycles. The van der Waals surface area contributed by atoms with Crippen molar-refractivity contribution in [3.05, 3.63) is 35.1 Å². The molecular formula is C12H10F4O2. The van der Waals surface area contributed by atoms with Crippen LogP contribution in [0.4, 0.5) is 17.6 Å². The van der Waals surface area contributed by atoms with Gasteiger partial charge in [0, 0.05) is 0 Å². The van der Waals surface area contributed by atoms with Crippen molar-refractivity contribution in [2.75, 3.05) is 0 Å². The Hall–Kier alpha value is -1.59. The van der Waals surface area contributed by atoms with Crippen molar-refractivity contribution in [2.45, 2.75) is 24.9 Å². The van der Waals surface area contributed by atoms with E-state index < -0.39 is 29.4 Å². The third kappa shape index (κ3) is 2.47. The highest BCUT2D eigenvalue weighted by Crippen LogP contribution is 2.44. The number of hydrogen-bond donors (Lipinski definition) is 1. The average Bonchev–Trinajstić information content (AvgIpc) is 3.02. The van der Waals surface area contributed by atoms with E-state index in [4.69, 9.17) is 5.11 Å². The van der Waals surface area contributed by atoms with Crippen LogP contribution in [0.25, 0.3) is 0 Å². The molecule has 0 bridgehead atoms. The number of alkyl halides is 3. The molecular weight excluding hydrogens is 252 g/mol. The molecule has 0 saturated heterocycles. The molecule has 0 amide bonds. The van der Waals surface area contributed by atoms with E-state index in [1.165, 1.54) is 0 Å². The number of benzene rings is 1. The largest absolute Gasteiger partial charge is 0.481 e. The molecule has 0 radical (unpaired) electrons. The number of aliphatic carboxylic acids is 1. The highest BCUT2D eigenvalue weighted by atomic mass is 19.4. The quantitative estimate of drug-likeness (QED) is 0.847. The lowest BCUT2D eigenvalue weighted by molar-refractivity contribution is -0.141. The van der Waals surface area contributed by atoms with Gasteiger partial charge in [0.15, 0.2) is 0 Å². The van der Waals surface area contributed by atoms with E-state index in [0.717, 1.165) is 6.07 Å². The zero-order chi connectivity index (χ0) is 13.5. The lowest BCUT2D eigenvalue weighted by Gasteiger charge is -2.15. The van der Waals surface area contributed by atoms with E-state index in [9.17, 15) is 22.4 Å². The van der Waals surface area contributed by atoms with E-state index in [2.05, 4.69) is 0 Å². The Labute approximate surface area is 100 Å². The van der Waals surface area contributed by atoms with Gasteiger partial charge in [-0.15, -0.1) is 0 Å². The van der Waals surface area contributed by atoms with Crippen LogP contribution in [-0.4, -0.2) is 11.1 Å². The van der Waals surface area contributed by atoms with Crippen molar-refractivity contribution in [1.29, 1.82) is 0 Å². The van der Waals surface area contributed by atoms with Gasteiger partial charge in [0.1, 0.15) is 5.82 Å². The number of carboxylic acids is 1. The Kier molecular flexibility index (Phi) is 3.04. The van der Waals surface area contributed by atoms with Gasteiger partial charge in [-0.1, -0.05) is 6.07 Å². The van der Waals surface area contributed by atoms with Crippen LogP contribution >= 0.6 is 0 Å². The molecule has 1 aliphatic rings. The fraction of sp³-hybridized carbons (Fsp3) is 0.417. The molecule has 0 aromatic heterocycles. The van der Waals surface area contributed by atoms with Gasteiger partial charge < -0.3 is 5.11 Å². The molecule has 1 N–H and O–H groups in total. The third-order valence-corrected chi connectivity index (χ3v) is 3.01. The molecule has 1 unspecified atom stereocenters. The van der Waals surface area contributed by atoms with Crippen LogP contribution < -0.4 is 0 Å². The minimum absolute atomic E-state index is 0.0127. The standard InChI is InChI=1S/C12H10F4O2/c13-9-4-3-7(5-8(9)12(14,15)16)10(11(17)18)6-1-2-6/h3-6,10H,1-2H2,(H,17,18).